The first-order valence-corrected chi connectivity index (χ1v) is 23.4. The van der Waals surface area contributed by atoms with Crippen LogP contribution in [0.4, 0.5) is 23.6 Å². The fourth-order valence-corrected chi connectivity index (χ4v) is 8.62. The van der Waals surface area contributed by atoms with E-state index in [0.717, 1.165) is 62.4 Å². The number of amides is 3. The van der Waals surface area contributed by atoms with Gasteiger partial charge in [0.2, 0.25) is 23.7 Å². The van der Waals surface area contributed by atoms with Gasteiger partial charge in [-0.15, -0.1) is 0 Å². The molecule has 69 heavy (non-hydrogen) atoms. The molecule has 22 heteroatoms. The van der Waals surface area contributed by atoms with E-state index in [1.807, 2.05) is 20.8 Å². The number of anilines is 4. The van der Waals surface area contributed by atoms with Crippen LogP contribution in [0.5, 0.6) is 0 Å². The Morgan fingerprint density at radius 1 is 0.754 bits per heavy atom. The van der Waals surface area contributed by atoms with Gasteiger partial charge >= 0.3 is 0 Å². The van der Waals surface area contributed by atoms with Gasteiger partial charge in [0.15, 0.2) is 5.58 Å². The quantitative estimate of drug-likeness (QED) is 0.0440. The fraction of sp³-hybridized carbons (Fsp3) is 0.468. The van der Waals surface area contributed by atoms with Crippen LogP contribution in [0.3, 0.4) is 0 Å². The van der Waals surface area contributed by atoms with Crippen LogP contribution in [0.25, 0.3) is 11.1 Å². The minimum Gasteiger partial charge on any atom is -0.424 e. The molecule has 8 N–H and O–H groups in total. The van der Waals surface area contributed by atoms with E-state index in [1.165, 1.54) is 11.9 Å². The van der Waals surface area contributed by atoms with Crippen molar-refractivity contribution >= 4 is 58.1 Å². The number of benzene rings is 2. The summed E-state index contributed by atoms with van der Waals surface area (Å²) in [7, 11) is 0. The SMILES string of the molecule is N=C(c1ccc2oc(N)nc2c1)c1c(N)ncnc1NCc1ccc2c(c1)CCN(C(=O)CCOCCN1CCN(CCOCCC(=O)N3CCN(c4ncc(CNC(=O)CO)cn4)CC3)CC1)C2. The third kappa shape index (κ3) is 13.0. The van der Waals surface area contributed by atoms with Gasteiger partial charge in [0.25, 0.3) is 6.01 Å². The van der Waals surface area contributed by atoms with Crippen molar-refractivity contribution < 1.29 is 33.4 Å². The lowest BCUT2D eigenvalue weighted by molar-refractivity contribution is -0.133. The minimum absolute atomic E-state index is 0.0563. The summed E-state index contributed by atoms with van der Waals surface area (Å²) in [4.78, 5) is 69.3. The van der Waals surface area contributed by atoms with E-state index in [-0.39, 0.29) is 35.9 Å². The Balaban J connectivity index is 0.657. The van der Waals surface area contributed by atoms with Gasteiger partial charge in [0.05, 0.1) is 50.5 Å². The molecule has 6 heterocycles. The molecule has 3 aromatic heterocycles. The van der Waals surface area contributed by atoms with Gasteiger partial charge in [-0.25, -0.2) is 19.9 Å². The Bertz CT molecular complexity index is 2560. The van der Waals surface area contributed by atoms with Gasteiger partial charge in [0.1, 0.15) is 30.1 Å². The second-order valence-electron chi connectivity index (χ2n) is 17.2. The van der Waals surface area contributed by atoms with E-state index in [4.69, 9.17) is 35.9 Å². The van der Waals surface area contributed by atoms with Crippen LogP contribution in [0.15, 0.2) is 59.5 Å². The highest BCUT2D eigenvalue weighted by atomic mass is 16.5. The Morgan fingerprint density at radius 3 is 2.14 bits per heavy atom. The molecule has 0 spiro atoms. The summed E-state index contributed by atoms with van der Waals surface area (Å²) in [5, 5.41) is 23.7. The second kappa shape index (κ2) is 23.4. The number of oxazole rings is 1. The van der Waals surface area contributed by atoms with E-state index < -0.39 is 12.5 Å². The van der Waals surface area contributed by atoms with Crippen LogP contribution >= 0.6 is 0 Å². The molecule has 0 bridgehead atoms. The summed E-state index contributed by atoms with van der Waals surface area (Å²) in [6.45, 7) is 11.1. The third-order valence-corrected chi connectivity index (χ3v) is 12.6. The lowest BCUT2D eigenvalue weighted by atomic mass is 9.97. The number of nitrogens with zero attached hydrogens (tertiary/aromatic N) is 10. The molecular weight excluding hydrogens is 887 g/mol. The molecule has 0 unspecified atom stereocenters. The number of aromatic nitrogens is 5. The first-order valence-electron chi connectivity index (χ1n) is 23.4. The summed E-state index contributed by atoms with van der Waals surface area (Å²) in [6, 6.07) is 11.5. The molecular formula is C47H61N15O7. The van der Waals surface area contributed by atoms with E-state index in [9.17, 15) is 14.4 Å². The molecule has 3 aliphatic rings. The smallest absolute Gasteiger partial charge is 0.292 e. The molecule has 0 atom stereocenters. The van der Waals surface area contributed by atoms with Crippen LogP contribution in [0, 0.1) is 5.41 Å². The van der Waals surface area contributed by atoms with Crippen molar-refractivity contribution in [1.29, 1.82) is 5.41 Å². The zero-order chi connectivity index (χ0) is 48.1. The summed E-state index contributed by atoms with van der Waals surface area (Å²) in [5.41, 5.74) is 18.3. The number of fused-ring (bicyclic) bond motifs is 2. The predicted molar refractivity (Wildman–Crippen MR) is 257 cm³/mol. The van der Waals surface area contributed by atoms with Crippen LogP contribution in [0.1, 0.15) is 46.2 Å². The maximum atomic E-state index is 13.2. The topological polar surface area (TPSA) is 284 Å². The number of aliphatic hydroxyl groups excluding tert-OH is 1. The number of piperazine rings is 2. The summed E-state index contributed by atoms with van der Waals surface area (Å²) in [6.07, 6.45) is 6.13. The van der Waals surface area contributed by atoms with E-state index in [0.29, 0.717) is 119 Å². The van der Waals surface area contributed by atoms with Crippen molar-refractivity contribution in [2.24, 2.45) is 0 Å². The summed E-state index contributed by atoms with van der Waals surface area (Å²) < 4.78 is 17.1. The van der Waals surface area contributed by atoms with Crippen molar-refractivity contribution in [3.8, 4) is 0 Å². The highest BCUT2D eigenvalue weighted by Crippen LogP contribution is 2.26. The van der Waals surface area contributed by atoms with Crippen molar-refractivity contribution in [1.82, 2.24) is 49.8 Å². The third-order valence-electron chi connectivity index (χ3n) is 12.6. The van der Waals surface area contributed by atoms with Crippen molar-refractivity contribution in [3.05, 3.63) is 88.5 Å². The molecule has 22 nitrogen and oxygen atoms in total. The number of carbonyl (C=O) groups excluding carboxylic acids is 3. The van der Waals surface area contributed by atoms with Gasteiger partial charge in [-0.05, 0) is 41.3 Å². The number of hydrogen-bond acceptors (Lipinski definition) is 19. The van der Waals surface area contributed by atoms with Gasteiger partial charge in [0, 0.05) is 115 Å². The lowest BCUT2D eigenvalue weighted by Gasteiger charge is -2.35. The zero-order valence-electron chi connectivity index (χ0n) is 38.8. The Kier molecular flexibility index (Phi) is 16.5. The highest BCUT2D eigenvalue weighted by molar-refractivity contribution is 6.17. The number of nitrogens with one attached hydrogen (secondary N) is 3. The molecule has 3 aliphatic heterocycles. The first-order chi connectivity index (χ1) is 33.6. The average molecular weight is 948 g/mol. The average Bonchev–Trinajstić information content (AvgIpc) is 3.76. The summed E-state index contributed by atoms with van der Waals surface area (Å²) >= 11 is 0. The normalized spacial score (nSPS) is 15.6. The Hall–Kier alpha value is -6.85. The van der Waals surface area contributed by atoms with Crippen LogP contribution in [-0.4, -0.2) is 178 Å². The Morgan fingerprint density at radius 2 is 1.45 bits per heavy atom. The molecule has 2 fully saturated rings. The predicted octanol–water partition coefficient (Wildman–Crippen LogP) is 0.873. The molecule has 0 saturated carbocycles. The molecule has 5 aromatic rings. The van der Waals surface area contributed by atoms with Crippen LogP contribution in [-0.2, 0) is 49.9 Å². The number of hydrogen-bond donors (Lipinski definition) is 6. The lowest BCUT2D eigenvalue weighted by Crippen LogP contribution is -2.49. The minimum atomic E-state index is -0.560. The number of aliphatic hydroxyl groups is 1. The van der Waals surface area contributed by atoms with Gasteiger partial charge in [-0.2, -0.15) is 4.98 Å². The van der Waals surface area contributed by atoms with E-state index in [1.54, 1.807) is 30.6 Å². The van der Waals surface area contributed by atoms with E-state index >= 15 is 0 Å². The van der Waals surface area contributed by atoms with E-state index in [2.05, 4.69) is 57.5 Å². The van der Waals surface area contributed by atoms with Crippen molar-refractivity contribution in [2.75, 3.05) is 127 Å². The van der Waals surface area contributed by atoms with Gasteiger partial charge in [-0.1, -0.05) is 18.2 Å². The van der Waals surface area contributed by atoms with Gasteiger partial charge in [-0.3, -0.25) is 29.6 Å². The number of nitrogen functional groups attached to an aromatic ring is 2. The molecule has 0 aliphatic carbocycles. The molecule has 8 rings (SSSR count). The van der Waals surface area contributed by atoms with Crippen molar-refractivity contribution in [2.45, 2.75) is 38.9 Å². The van der Waals surface area contributed by atoms with Crippen LogP contribution < -0.4 is 27.0 Å². The highest BCUT2D eigenvalue weighted by Gasteiger charge is 2.25. The molecule has 366 valence electrons. The van der Waals surface area contributed by atoms with Crippen molar-refractivity contribution in [3.63, 3.8) is 0 Å². The number of nitrogens with two attached hydrogens (primary N) is 2. The molecule has 3 amide bonds. The van der Waals surface area contributed by atoms with Gasteiger partial charge < -0.3 is 55.8 Å². The maximum Gasteiger partial charge on any atom is 0.292 e. The second-order valence-corrected chi connectivity index (χ2v) is 17.2. The fourth-order valence-electron chi connectivity index (χ4n) is 8.62. The first kappa shape index (κ1) is 48.6. The summed E-state index contributed by atoms with van der Waals surface area (Å²) in [5.74, 6) is 0.932. The largest absolute Gasteiger partial charge is 0.424 e. The number of carbonyl (C=O) groups is 3. The Labute approximate surface area is 399 Å². The van der Waals surface area contributed by atoms with Crippen LogP contribution in [0.2, 0.25) is 0 Å². The maximum absolute atomic E-state index is 13.2. The number of rotatable bonds is 21. The molecule has 2 saturated heterocycles. The molecule has 2 aromatic carbocycles. The standard InChI is InChI=1S/C47H61N15O7/c48-43(35-3-4-38-37(24-35)57-46(50)69-38)42-44(49)55-31-56-45(42)52-25-32-1-2-36-29-62(8-5-34(36)23-32)41(66)7-20-68-22-18-59-11-9-58(10-12-59)17-21-67-19-6-40(65)60-13-15-61(16-14-60)47-53-27-33(28-54-47)26-51-39(64)30-63/h1-4,23-24,27-28,31,48,63H,5-22,25-26,29-30H2,(H2,50,57)(H,51,64)(H3,49,52,55,56). The monoisotopic (exact) mass is 947 g/mol. The zero-order valence-corrected chi connectivity index (χ0v) is 38.8. The number of ether oxygens (including phenoxy) is 2. The molecule has 0 radical (unpaired) electrons.